The fourth-order valence-electron chi connectivity index (χ4n) is 2.88. The number of carbonyl (C=O) groups is 1. The number of aromatic nitrogens is 1. The Balaban J connectivity index is 1.96. The third-order valence-electron chi connectivity index (χ3n) is 4.35. The lowest BCUT2D eigenvalue weighted by atomic mass is 10.0. The molecule has 0 aliphatic carbocycles. The van der Waals surface area contributed by atoms with Gasteiger partial charge in [0.15, 0.2) is 0 Å². The number of hydrogen-bond acceptors (Lipinski definition) is 2. The molecule has 0 saturated heterocycles. The number of para-hydroxylation sites is 1. The fourth-order valence-corrected chi connectivity index (χ4v) is 2.88. The molecule has 3 nitrogen and oxygen atoms in total. The van der Waals surface area contributed by atoms with Gasteiger partial charge in [-0.15, -0.1) is 0 Å². The SMILES string of the molecule is CC(C)c1cc(C(=O)NC(C)c2ccc(F)cc2F)c2ccccc2n1. The molecule has 3 rings (SSSR count). The number of hydrogen-bond donors (Lipinski definition) is 1. The van der Waals surface area contributed by atoms with Crippen molar-refractivity contribution in [2.45, 2.75) is 32.7 Å². The van der Waals surface area contributed by atoms with E-state index in [1.165, 1.54) is 12.1 Å². The molecule has 0 fully saturated rings. The van der Waals surface area contributed by atoms with Crippen LogP contribution in [0.2, 0.25) is 0 Å². The molecule has 2 aromatic carbocycles. The maximum atomic E-state index is 14.0. The highest BCUT2D eigenvalue weighted by Crippen LogP contribution is 2.24. The predicted octanol–water partition coefficient (Wildman–Crippen LogP) is 5.13. The molecule has 0 saturated carbocycles. The molecule has 0 radical (unpaired) electrons. The van der Waals surface area contributed by atoms with Crippen LogP contribution in [0.3, 0.4) is 0 Å². The Morgan fingerprint density at radius 1 is 1.04 bits per heavy atom. The van der Waals surface area contributed by atoms with Crippen LogP contribution in [-0.4, -0.2) is 10.9 Å². The molecule has 1 aromatic heterocycles. The standard InChI is InChI=1S/C21H20F2N2O/c1-12(2)20-11-17(16-6-4-5-7-19(16)25-20)21(26)24-13(3)15-9-8-14(22)10-18(15)23/h4-13H,1-3H3,(H,24,26). The normalized spacial score (nSPS) is 12.4. The van der Waals surface area contributed by atoms with Gasteiger partial charge in [0, 0.05) is 22.7 Å². The third-order valence-corrected chi connectivity index (χ3v) is 4.35. The van der Waals surface area contributed by atoms with Crippen molar-refractivity contribution in [3.63, 3.8) is 0 Å². The minimum Gasteiger partial charge on any atom is -0.345 e. The first kappa shape index (κ1) is 18.0. The summed E-state index contributed by atoms with van der Waals surface area (Å²) in [7, 11) is 0. The first-order valence-corrected chi connectivity index (χ1v) is 8.52. The highest BCUT2D eigenvalue weighted by atomic mass is 19.1. The second-order valence-corrected chi connectivity index (χ2v) is 6.63. The summed E-state index contributed by atoms with van der Waals surface area (Å²) < 4.78 is 27.1. The Morgan fingerprint density at radius 2 is 1.77 bits per heavy atom. The van der Waals surface area contributed by atoms with Gasteiger partial charge >= 0.3 is 0 Å². The van der Waals surface area contributed by atoms with E-state index >= 15 is 0 Å². The second kappa shape index (κ2) is 7.20. The van der Waals surface area contributed by atoms with Crippen molar-refractivity contribution in [1.82, 2.24) is 10.3 Å². The van der Waals surface area contributed by atoms with Gasteiger partial charge in [-0.1, -0.05) is 38.1 Å². The van der Waals surface area contributed by atoms with Crippen LogP contribution in [0.15, 0.2) is 48.5 Å². The Morgan fingerprint density at radius 3 is 2.46 bits per heavy atom. The van der Waals surface area contributed by atoms with Crippen molar-refractivity contribution >= 4 is 16.8 Å². The number of carbonyl (C=O) groups excluding carboxylic acids is 1. The van der Waals surface area contributed by atoms with E-state index in [0.717, 1.165) is 22.7 Å². The molecule has 5 heteroatoms. The van der Waals surface area contributed by atoms with E-state index < -0.39 is 17.7 Å². The number of halogens is 2. The number of benzene rings is 2. The van der Waals surface area contributed by atoms with Gasteiger partial charge in [0.25, 0.3) is 5.91 Å². The highest BCUT2D eigenvalue weighted by Gasteiger charge is 2.18. The largest absolute Gasteiger partial charge is 0.345 e. The first-order valence-electron chi connectivity index (χ1n) is 8.52. The van der Waals surface area contributed by atoms with Crippen LogP contribution >= 0.6 is 0 Å². The summed E-state index contributed by atoms with van der Waals surface area (Å²) in [5.74, 6) is -1.48. The topological polar surface area (TPSA) is 42.0 Å². The number of amides is 1. The quantitative estimate of drug-likeness (QED) is 0.706. The summed E-state index contributed by atoms with van der Waals surface area (Å²) in [4.78, 5) is 17.5. The number of nitrogens with zero attached hydrogens (tertiary/aromatic N) is 1. The molecular formula is C21H20F2N2O. The molecule has 0 aliphatic heterocycles. The Labute approximate surface area is 151 Å². The summed E-state index contributed by atoms with van der Waals surface area (Å²) in [6.07, 6.45) is 0. The van der Waals surface area contributed by atoms with Crippen LogP contribution in [0.25, 0.3) is 10.9 Å². The van der Waals surface area contributed by atoms with Gasteiger partial charge in [0.05, 0.1) is 17.1 Å². The van der Waals surface area contributed by atoms with Gasteiger partial charge in [-0.25, -0.2) is 8.78 Å². The number of pyridine rings is 1. The Kier molecular flexibility index (Phi) is 4.98. The average molecular weight is 354 g/mol. The maximum Gasteiger partial charge on any atom is 0.252 e. The summed E-state index contributed by atoms with van der Waals surface area (Å²) >= 11 is 0. The zero-order chi connectivity index (χ0) is 18.8. The fraction of sp³-hybridized carbons (Fsp3) is 0.238. The van der Waals surface area contributed by atoms with Gasteiger partial charge in [-0.3, -0.25) is 9.78 Å². The van der Waals surface area contributed by atoms with Crippen molar-refractivity contribution in [2.75, 3.05) is 0 Å². The van der Waals surface area contributed by atoms with E-state index in [1.807, 2.05) is 38.1 Å². The number of nitrogens with one attached hydrogen (secondary N) is 1. The Hall–Kier alpha value is -2.82. The van der Waals surface area contributed by atoms with E-state index in [0.29, 0.717) is 5.56 Å². The van der Waals surface area contributed by atoms with Crippen LogP contribution in [0.1, 0.15) is 54.3 Å². The molecule has 0 aliphatic rings. The maximum absolute atomic E-state index is 14.0. The molecular weight excluding hydrogens is 334 g/mol. The van der Waals surface area contributed by atoms with Crippen molar-refractivity contribution in [3.05, 3.63) is 77.0 Å². The molecule has 3 aromatic rings. The van der Waals surface area contributed by atoms with E-state index in [2.05, 4.69) is 10.3 Å². The lowest BCUT2D eigenvalue weighted by Gasteiger charge is -2.17. The van der Waals surface area contributed by atoms with Crippen LogP contribution in [0, 0.1) is 11.6 Å². The summed E-state index contributed by atoms with van der Waals surface area (Å²) in [5, 5.41) is 3.54. The van der Waals surface area contributed by atoms with Crippen molar-refractivity contribution in [2.24, 2.45) is 0 Å². The van der Waals surface area contributed by atoms with Crippen LogP contribution in [-0.2, 0) is 0 Å². The van der Waals surface area contributed by atoms with Crippen molar-refractivity contribution < 1.29 is 13.6 Å². The van der Waals surface area contributed by atoms with Crippen molar-refractivity contribution in [3.8, 4) is 0 Å². The van der Waals surface area contributed by atoms with Gasteiger partial charge in [0.1, 0.15) is 11.6 Å². The van der Waals surface area contributed by atoms with E-state index in [4.69, 9.17) is 0 Å². The van der Waals surface area contributed by atoms with Gasteiger partial charge in [-0.05, 0) is 31.0 Å². The van der Waals surface area contributed by atoms with E-state index in [9.17, 15) is 13.6 Å². The molecule has 26 heavy (non-hydrogen) atoms. The van der Waals surface area contributed by atoms with E-state index in [-0.39, 0.29) is 17.4 Å². The zero-order valence-corrected chi connectivity index (χ0v) is 14.9. The van der Waals surface area contributed by atoms with Crippen molar-refractivity contribution in [1.29, 1.82) is 0 Å². The smallest absolute Gasteiger partial charge is 0.252 e. The zero-order valence-electron chi connectivity index (χ0n) is 14.9. The lowest BCUT2D eigenvalue weighted by Crippen LogP contribution is -2.27. The highest BCUT2D eigenvalue weighted by molar-refractivity contribution is 6.06. The van der Waals surface area contributed by atoms with Gasteiger partial charge in [0.2, 0.25) is 0 Å². The number of fused-ring (bicyclic) bond motifs is 1. The van der Waals surface area contributed by atoms with Crippen LogP contribution in [0.4, 0.5) is 8.78 Å². The average Bonchev–Trinajstić information content (AvgIpc) is 2.60. The molecule has 0 bridgehead atoms. The summed E-state index contributed by atoms with van der Waals surface area (Å²) in [5.41, 5.74) is 2.29. The summed E-state index contributed by atoms with van der Waals surface area (Å²) in [6.45, 7) is 5.69. The third kappa shape index (κ3) is 3.57. The number of rotatable bonds is 4. The molecule has 1 N–H and O–H groups in total. The molecule has 134 valence electrons. The van der Waals surface area contributed by atoms with Crippen LogP contribution < -0.4 is 5.32 Å². The molecule has 1 unspecified atom stereocenters. The summed E-state index contributed by atoms with van der Waals surface area (Å²) in [6, 6.07) is 11.9. The van der Waals surface area contributed by atoms with Gasteiger partial charge < -0.3 is 5.32 Å². The predicted molar refractivity (Wildman–Crippen MR) is 98.1 cm³/mol. The lowest BCUT2D eigenvalue weighted by molar-refractivity contribution is 0.0941. The van der Waals surface area contributed by atoms with Gasteiger partial charge in [-0.2, -0.15) is 0 Å². The first-order chi connectivity index (χ1) is 12.4. The minimum atomic E-state index is -0.680. The molecule has 1 amide bonds. The molecule has 0 spiro atoms. The second-order valence-electron chi connectivity index (χ2n) is 6.63. The monoisotopic (exact) mass is 354 g/mol. The van der Waals surface area contributed by atoms with E-state index in [1.54, 1.807) is 13.0 Å². The van der Waals surface area contributed by atoms with Crippen LogP contribution in [0.5, 0.6) is 0 Å². The molecule has 1 heterocycles. The Bertz CT molecular complexity index is 969. The molecule has 1 atom stereocenters. The minimum absolute atomic E-state index is 0.165.